The lowest BCUT2D eigenvalue weighted by molar-refractivity contribution is -0.125. The zero-order valence-electron chi connectivity index (χ0n) is 19.0. The number of hydrogen-bond acceptors (Lipinski definition) is 6. The highest BCUT2D eigenvalue weighted by Crippen LogP contribution is 2.32. The highest BCUT2D eigenvalue weighted by molar-refractivity contribution is 6.04. The molecule has 3 aromatic rings. The Morgan fingerprint density at radius 2 is 1.83 bits per heavy atom. The number of pyridine rings is 1. The summed E-state index contributed by atoms with van der Waals surface area (Å²) >= 11 is 0. The lowest BCUT2D eigenvalue weighted by atomic mass is 9.95. The van der Waals surface area contributed by atoms with Crippen LogP contribution in [-0.4, -0.2) is 36.7 Å². The van der Waals surface area contributed by atoms with Crippen molar-refractivity contribution in [3.8, 4) is 11.5 Å². The van der Waals surface area contributed by atoms with Crippen LogP contribution in [0.4, 0.5) is 15.9 Å². The summed E-state index contributed by atoms with van der Waals surface area (Å²) in [5.74, 6) is 1.11. The van der Waals surface area contributed by atoms with E-state index in [-0.39, 0.29) is 24.3 Å². The van der Waals surface area contributed by atoms with Gasteiger partial charge in [0, 0.05) is 37.3 Å². The number of benzene rings is 2. The Morgan fingerprint density at radius 3 is 2.66 bits per heavy atom. The van der Waals surface area contributed by atoms with Gasteiger partial charge in [0.15, 0.2) is 11.5 Å². The number of piperidine rings is 1. The fourth-order valence-corrected chi connectivity index (χ4v) is 4.24. The van der Waals surface area contributed by atoms with Gasteiger partial charge < -0.3 is 25.0 Å². The number of carbonyl (C=O) groups excluding carboxylic acids is 2. The van der Waals surface area contributed by atoms with Crippen LogP contribution < -0.4 is 25.0 Å². The number of hydrogen-bond donors (Lipinski definition) is 2. The molecule has 2 aromatic carbocycles. The largest absolute Gasteiger partial charge is 0.454 e. The first-order chi connectivity index (χ1) is 17.1. The van der Waals surface area contributed by atoms with Gasteiger partial charge in [-0.25, -0.2) is 9.37 Å². The Kier molecular flexibility index (Phi) is 6.47. The van der Waals surface area contributed by atoms with Crippen LogP contribution in [-0.2, 0) is 11.3 Å². The van der Waals surface area contributed by atoms with E-state index in [1.807, 2.05) is 18.2 Å². The summed E-state index contributed by atoms with van der Waals surface area (Å²) in [5.41, 5.74) is 1.47. The van der Waals surface area contributed by atoms with Crippen molar-refractivity contribution in [1.82, 2.24) is 10.3 Å². The molecule has 0 spiro atoms. The first-order valence-electron chi connectivity index (χ1n) is 11.5. The van der Waals surface area contributed by atoms with Crippen LogP contribution in [0.15, 0.2) is 60.8 Å². The number of nitrogens with one attached hydrogen (secondary N) is 2. The molecule has 35 heavy (non-hydrogen) atoms. The van der Waals surface area contributed by atoms with Crippen molar-refractivity contribution >= 4 is 23.3 Å². The Hall–Kier alpha value is -4.14. The number of carbonyl (C=O) groups is 2. The molecule has 0 atom stereocenters. The van der Waals surface area contributed by atoms with E-state index in [1.54, 1.807) is 30.5 Å². The molecule has 2 N–H and O–H groups in total. The number of rotatable bonds is 6. The lowest BCUT2D eigenvalue weighted by Crippen LogP contribution is -2.40. The molecule has 1 saturated heterocycles. The normalized spacial score (nSPS) is 15.1. The van der Waals surface area contributed by atoms with E-state index >= 15 is 0 Å². The summed E-state index contributed by atoms with van der Waals surface area (Å²) in [6.45, 7) is 1.94. The van der Waals surface area contributed by atoms with Crippen LogP contribution in [0, 0.1) is 11.7 Å². The second-order valence-electron chi connectivity index (χ2n) is 8.50. The van der Waals surface area contributed by atoms with Crippen LogP contribution in [0.1, 0.15) is 28.8 Å². The Labute approximate surface area is 202 Å². The van der Waals surface area contributed by atoms with Crippen molar-refractivity contribution in [3.05, 3.63) is 77.7 Å². The highest BCUT2D eigenvalue weighted by atomic mass is 19.1. The van der Waals surface area contributed by atoms with Gasteiger partial charge in [0.1, 0.15) is 11.6 Å². The standard InChI is InChI=1S/C26H25FN4O4/c27-20-3-1-2-4-21(20)30-26(33)19-7-10-28-24(14-19)31-11-8-18(9-12-31)25(32)29-15-17-5-6-22-23(13-17)35-16-34-22/h1-7,10,13-14,18H,8-9,11-12,15-16H2,(H,29,32)(H,30,33). The Morgan fingerprint density at radius 1 is 1.03 bits per heavy atom. The zero-order chi connectivity index (χ0) is 24.2. The predicted molar refractivity (Wildman–Crippen MR) is 128 cm³/mol. The van der Waals surface area contributed by atoms with Crippen molar-refractivity contribution in [1.29, 1.82) is 0 Å². The zero-order valence-corrected chi connectivity index (χ0v) is 19.0. The molecule has 2 amide bonds. The van der Waals surface area contributed by atoms with Crippen LogP contribution >= 0.6 is 0 Å². The van der Waals surface area contributed by atoms with Gasteiger partial charge in [-0.2, -0.15) is 0 Å². The molecule has 0 radical (unpaired) electrons. The molecule has 0 unspecified atom stereocenters. The monoisotopic (exact) mass is 476 g/mol. The number of para-hydroxylation sites is 1. The maximum atomic E-state index is 13.9. The third-order valence-electron chi connectivity index (χ3n) is 6.22. The van der Waals surface area contributed by atoms with Crippen molar-refractivity contribution in [3.63, 3.8) is 0 Å². The van der Waals surface area contributed by atoms with Gasteiger partial charge in [0.05, 0.1) is 5.69 Å². The van der Waals surface area contributed by atoms with Gasteiger partial charge in [-0.3, -0.25) is 9.59 Å². The molecule has 9 heteroatoms. The van der Waals surface area contributed by atoms with E-state index in [0.717, 1.165) is 11.3 Å². The molecule has 0 aliphatic carbocycles. The number of fused-ring (bicyclic) bond motifs is 1. The fourth-order valence-electron chi connectivity index (χ4n) is 4.24. The topological polar surface area (TPSA) is 92.8 Å². The second kappa shape index (κ2) is 10.0. The molecule has 2 aliphatic rings. The molecule has 3 heterocycles. The average molecular weight is 477 g/mol. The van der Waals surface area contributed by atoms with Crippen LogP contribution in [0.3, 0.4) is 0 Å². The second-order valence-corrected chi connectivity index (χ2v) is 8.50. The highest BCUT2D eigenvalue weighted by Gasteiger charge is 2.26. The molecule has 2 aliphatic heterocycles. The molecule has 0 saturated carbocycles. The van der Waals surface area contributed by atoms with Gasteiger partial charge in [-0.1, -0.05) is 18.2 Å². The number of nitrogens with zero attached hydrogens (tertiary/aromatic N) is 2. The van der Waals surface area contributed by atoms with E-state index in [9.17, 15) is 14.0 Å². The number of amides is 2. The van der Waals surface area contributed by atoms with Crippen molar-refractivity contribution < 1.29 is 23.5 Å². The third kappa shape index (κ3) is 5.18. The quantitative estimate of drug-likeness (QED) is 0.563. The summed E-state index contributed by atoms with van der Waals surface area (Å²) in [6, 6.07) is 15.0. The van der Waals surface area contributed by atoms with E-state index in [0.29, 0.717) is 49.6 Å². The Balaban J connectivity index is 1.14. The molecule has 0 bridgehead atoms. The van der Waals surface area contributed by atoms with E-state index < -0.39 is 11.7 Å². The van der Waals surface area contributed by atoms with Crippen molar-refractivity contribution in [2.75, 3.05) is 30.1 Å². The number of halogens is 1. The first kappa shape index (κ1) is 22.6. The average Bonchev–Trinajstić information content (AvgIpc) is 3.37. The fraction of sp³-hybridized carbons (Fsp3) is 0.269. The van der Waals surface area contributed by atoms with Crippen LogP contribution in [0.5, 0.6) is 11.5 Å². The van der Waals surface area contributed by atoms with Gasteiger partial charge in [-0.15, -0.1) is 0 Å². The SMILES string of the molecule is O=C(Nc1ccccc1F)c1ccnc(N2CCC(C(=O)NCc3ccc4c(c3)OCO4)CC2)c1. The number of anilines is 2. The predicted octanol–water partition coefficient (Wildman–Crippen LogP) is 3.73. The minimum Gasteiger partial charge on any atom is -0.454 e. The summed E-state index contributed by atoms with van der Waals surface area (Å²) in [4.78, 5) is 31.8. The van der Waals surface area contributed by atoms with Gasteiger partial charge >= 0.3 is 0 Å². The molecular formula is C26H25FN4O4. The molecule has 5 rings (SSSR count). The molecular weight excluding hydrogens is 451 g/mol. The Bertz CT molecular complexity index is 1240. The summed E-state index contributed by atoms with van der Waals surface area (Å²) in [6.07, 6.45) is 2.93. The summed E-state index contributed by atoms with van der Waals surface area (Å²) in [5, 5.41) is 5.61. The molecule has 180 valence electrons. The van der Waals surface area contributed by atoms with Crippen LogP contribution in [0.25, 0.3) is 0 Å². The number of ether oxygens (including phenoxy) is 2. The van der Waals surface area contributed by atoms with Gasteiger partial charge in [-0.05, 0) is 54.8 Å². The summed E-state index contributed by atoms with van der Waals surface area (Å²) in [7, 11) is 0. The minimum absolute atomic E-state index is 0.0216. The number of aromatic nitrogens is 1. The van der Waals surface area contributed by atoms with Crippen molar-refractivity contribution in [2.45, 2.75) is 19.4 Å². The van der Waals surface area contributed by atoms with Gasteiger partial charge in [0.25, 0.3) is 5.91 Å². The third-order valence-corrected chi connectivity index (χ3v) is 6.22. The van der Waals surface area contributed by atoms with Crippen LogP contribution in [0.2, 0.25) is 0 Å². The smallest absolute Gasteiger partial charge is 0.255 e. The summed E-state index contributed by atoms with van der Waals surface area (Å²) < 4.78 is 24.6. The lowest BCUT2D eigenvalue weighted by Gasteiger charge is -2.32. The van der Waals surface area contributed by atoms with E-state index in [2.05, 4.69) is 20.5 Å². The maximum Gasteiger partial charge on any atom is 0.255 e. The molecule has 8 nitrogen and oxygen atoms in total. The minimum atomic E-state index is -0.492. The van der Waals surface area contributed by atoms with E-state index in [1.165, 1.54) is 12.1 Å². The molecule has 1 aromatic heterocycles. The maximum absolute atomic E-state index is 13.9. The van der Waals surface area contributed by atoms with Gasteiger partial charge in [0.2, 0.25) is 12.7 Å². The molecule has 1 fully saturated rings. The van der Waals surface area contributed by atoms with Crippen molar-refractivity contribution in [2.24, 2.45) is 5.92 Å². The first-order valence-corrected chi connectivity index (χ1v) is 11.5. The van der Waals surface area contributed by atoms with E-state index in [4.69, 9.17) is 9.47 Å².